The van der Waals surface area contributed by atoms with E-state index in [9.17, 15) is 4.79 Å². The number of carbonyl (C=O) groups is 1. The van der Waals surface area contributed by atoms with Crippen LogP contribution in [0.25, 0.3) is 0 Å². The molecule has 0 fully saturated rings. The lowest BCUT2D eigenvalue weighted by atomic mass is 10.3. The molecule has 0 heterocycles. The minimum atomic E-state index is -0.0934. The third kappa shape index (κ3) is 5.96. The average Bonchev–Trinajstić information content (AvgIpc) is 2.62. The maximum absolute atomic E-state index is 12.3. The summed E-state index contributed by atoms with van der Waals surface area (Å²) in [6.45, 7) is 4.11. The Bertz CT molecular complexity index is 694. The smallest absolute Gasteiger partial charge is 0.238 e. The Morgan fingerprint density at radius 1 is 1.12 bits per heavy atom. The molecule has 6 heteroatoms. The number of halogens is 1. The molecule has 0 spiro atoms. The van der Waals surface area contributed by atoms with Crippen LogP contribution >= 0.6 is 11.6 Å². The van der Waals surface area contributed by atoms with Crippen LogP contribution in [0.5, 0.6) is 11.5 Å². The topological polar surface area (TPSA) is 50.8 Å². The van der Waals surface area contributed by atoms with Crippen LogP contribution in [-0.2, 0) is 4.79 Å². The molecule has 2 aromatic carbocycles. The number of carbonyl (C=O) groups excluding carboxylic acids is 1. The predicted molar refractivity (Wildman–Crippen MR) is 101 cm³/mol. The molecule has 0 saturated carbocycles. The van der Waals surface area contributed by atoms with Gasteiger partial charge in [0.25, 0.3) is 0 Å². The van der Waals surface area contributed by atoms with E-state index in [2.05, 4.69) is 5.32 Å². The summed E-state index contributed by atoms with van der Waals surface area (Å²) in [5, 5.41) is 3.46. The molecule has 2 aromatic rings. The molecule has 0 radical (unpaired) electrons. The first-order valence-electron chi connectivity index (χ1n) is 8.16. The second kappa shape index (κ2) is 9.91. The van der Waals surface area contributed by atoms with Gasteiger partial charge >= 0.3 is 0 Å². The van der Waals surface area contributed by atoms with Crippen LogP contribution in [0.3, 0.4) is 0 Å². The van der Waals surface area contributed by atoms with Gasteiger partial charge < -0.3 is 14.8 Å². The molecule has 0 aromatic heterocycles. The zero-order valence-electron chi connectivity index (χ0n) is 14.5. The third-order valence-electron chi connectivity index (χ3n) is 3.70. The number of nitrogens with zero attached hydrogens (tertiary/aromatic N) is 1. The molecule has 134 valence electrons. The highest BCUT2D eigenvalue weighted by atomic mass is 35.5. The summed E-state index contributed by atoms with van der Waals surface area (Å²) in [5.74, 6) is 1.20. The van der Waals surface area contributed by atoms with Crippen LogP contribution < -0.4 is 14.8 Å². The fraction of sp³-hybridized carbons (Fsp3) is 0.316. The van der Waals surface area contributed by atoms with Gasteiger partial charge in [-0.05, 0) is 30.8 Å². The van der Waals surface area contributed by atoms with E-state index in [0.717, 1.165) is 6.54 Å². The van der Waals surface area contributed by atoms with Gasteiger partial charge in [-0.1, -0.05) is 42.8 Å². The monoisotopic (exact) mass is 362 g/mol. The molecule has 0 bridgehead atoms. The van der Waals surface area contributed by atoms with E-state index in [0.29, 0.717) is 35.4 Å². The van der Waals surface area contributed by atoms with Gasteiger partial charge in [0.05, 0.1) is 24.4 Å². The van der Waals surface area contributed by atoms with Crippen LogP contribution in [0, 0.1) is 0 Å². The van der Waals surface area contributed by atoms with Crippen LogP contribution in [-0.4, -0.2) is 44.2 Å². The van der Waals surface area contributed by atoms with E-state index in [4.69, 9.17) is 21.1 Å². The number of ether oxygens (including phenoxy) is 2. The largest absolute Gasteiger partial charge is 0.495 e. The number of amides is 1. The Labute approximate surface area is 153 Å². The van der Waals surface area contributed by atoms with Crippen molar-refractivity contribution in [2.24, 2.45) is 0 Å². The van der Waals surface area contributed by atoms with E-state index in [1.165, 1.54) is 0 Å². The fourth-order valence-electron chi connectivity index (χ4n) is 2.34. The molecule has 0 aliphatic heterocycles. The van der Waals surface area contributed by atoms with Crippen molar-refractivity contribution in [3.05, 3.63) is 53.6 Å². The SMILES string of the molecule is CCN(CCOc1ccccc1Cl)CC(=O)Nc1ccccc1OC. The van der Waals surface area contributed by atoms with Crippen molar-refractivity contribution in [1.29, 1.82) is 0 Å². The van der Waals surface area contributed by atoms with Crippen molar-refractivity contribution >= 4 is 23.2 Å². The van der Waals surface area contributed by atoms with Crippen molar-refractivity contribution in [3.63, 3.8) is 0 Å². The summed E-state index contributed by atoms with van der Waals surface area (Å²) in [7, 11) is 1.58. The minimum absolute atomic E-state index is 0.0934. The first-order chi connectivity index (χ1) is 12.1. The van der Waals surface area contributed by atoms with Crippen LogP contribution in [0.15, 0.2) is 48.5 Å². The molecule has 25 heavy (non-hydrogen) atoms. The van der Waals surface area contributed by atoms with Gasteiger partial charge in [-0.25, -0.2) is 0 Å². The van der Waals surface area contributed by atoms with Gasteiger partial charge in [-0.3, -0.25) is 9.69 Å². The van der Waals surface area contributed by atoms with E-state index in [1.54, 1.807) is 13.2 Å². The summed E-state index contributed by atoms with van der Waals surface area (Å²) < 4.78 is 10.9. The Kier molecular flexibility index (Phi) is 7.57. The highest BCUT2D eigenvalue weighted by Gasteiger charge is 2.12. The first-order valence-corrected chi connectivity index (χ1v) is 8.54. The second-order valence-corrected chi connectivity index (χ2v) is 5.80. The van der Waals surface area contributed by atoms with Crippen molar-refractivity contribution in [1.82, 2.24) is 4.90 Å². The molecule has 0 aliphatic rings. The Morgan fingerprint density at radius 3 is 2.48 bits per heavy atom. The molecule has 0 saturated heterocycles. The van der Waals surface area contributed by atoms with Crippen molar-refractivity contribution < 1.29 is 14.3 Å². The lowest BCUT2D eigenvalue weighted by Gasteiger charge is -2.20. The van der Waals surface area contributed by atoms with Crippen LogP contribution in [0.4, 0.5) is 5.69 Å². The average molecular weight is 363 g/mol. The molecule has 0 atom stereocenters. The number of para-hydroxylation sites is 3. The van der Waals surface area contributed by atoms with E-state index < -0.39 is 0 Å². The lowest BCUT2D eigenvalue weighted by molar-refractivity contribution is -0.117. The summed E-state index contributed by atoms with van der Waals surface area (Å²) in [4.78, 5) is 14.3. The zero-order chi connectivity index (χ0) is 18.1. The highest BCUT2D eigenvalue weighted by molar-refractivity contribution is 6.32. The minimum Gasteiger partial charge on any atom is -0.495 e. The summed E-state index contributed by atoms with van der Waals surface area (Å²) in [6, 6.07) is 14.7. The highest BCUT2D eigenvalue weighted by Crippen LogP contribution is 2.23. The van der Waals surface area contributed by atoms with Crippen molar-refractivity contribution in [3.8, 4) is 11.5 Å². The van der Waals surface area contributed by atoms with E-state index in [1.807, 2.05) is 54.3 Å². The summed E-state index contributed by atoms with van der Waals surface area (Å²) in [6.07, 6.45) is 0. The normalized spacial score (nSPS) is 10.6. The number of hydrogen-bond acceptors (Lipinski definition) is 4. The standard InChI is InChI=1S/C19H23ClN2O3/c1-3-22(12-13-25-17-10-6-4-8-15(17)20)14-19(23)21-16-9-5-7-11-18(16)24-2/h4-11H,3,12-14H2,1-2H3,(H,21,23). The number of nitrogens with one attached hydrogen (secondary N) is 1. The third-order valence-corrected chi connectivity index (χ3v) is 4.01. The number of anilines is 1. The Hall–Kier alpha value is -2.24. The zero-order valence-corrected chi connectivity index (χ0v) is 15.3. The van der Waals surface area contributed by atoms with Crippen LogP contribution in [0.2, 0.25) is 5.02 Å². The lowest BCUT2D eigenvalue weighted by Crippen LogP contribution is -2.36. The number of hydrogen-bond donors (Lipinski definition) is 1. The molecule has 1 N–H and O–H groups in total. The number of rotatable bonds is 9. The quantitative estimate of drug-likeness (QED) is 0.739. The molecular weight excluding hydrogens is 340 g/mol. The summed E-state index contributed by atoms with van der Waals surface area (Å²) >= 11 is 6.06. The number of benzene rings is 2. The summed E-state index contributed by atoms with van der Waals surface area (Å²) in [5.41, 5.74) is 0.665. The van der Waals surface area contributed by atoms with Gasteiger partial charge in [0.1, 0.15) is 18.1 Å². The number of likely N-dealkylation sites (N-methyl/N-ethyl adjacent to an activating group) is 1. The molecular formula is C19H23ClN2O3. The molecule has 2 rings (SSSR count). The van der Waals surface area contributed by atoms with E-state index in [-0.39, 0.29) is 12.5 Å². The molecule has 1 amide bonds. The Balaban J connectivity index is 1.82. The second-order valence-electron chi connectivity index (χ2n) is 5.40. The van der Waals surface area contributed by atoms with Crippen LogP contribution in [0.1, 0.15) is 6.92 Å². The number of methoxy groups -OCH3 is 1. The van der Waals surface area contributed by atoms with Gasteiger partial charge in [0.15, 0.2) is 0 Å². The fourth-order valence-corrected chi connectivity index (χ4v) is 2.53. The molecule has 0 unspecified atom stereocenters. The molecule has 5 nitrogen and oxygen atoms in total. The van der Waals surface area contributed by atoms with Gasteiger partial charge in [0, 0.05) is 6.54 Å². The maximum Gasteiger partial charge on any atom is 0.238 e. The first kappa shape index (κ1) is 19.1. The van der Waals surface area contributed by atoms with E-state index >= 15 is 0 Å². The van der Waals surface area contributed by atoms with Crippen molar-refractivity contribution in [2.75, 3.05) is 38.7 Å². The maximum atomic E-state index is 12.3. The van der Waals surface area contributed by atoms with Gasteiger partial charge in [-0.2, -0.15) is 0 Å². The molecule has 0 aliphatic carbocycles. The Morgan fingerprint density at radius 2 is 1.80 bits per heavy atom. The van der Waals surface area contributed by atoms with Gasteiger partial charge in [-0.15, -0.1) is 0 Å². The van der Waals surface area contributed by atoms with Gasteiger partial charge in [0.2, 0.25) is 5.91 Å². The predicted octanol–water partition coefficient (Wildman–Crippen LogP) is 3.69. The van der Waals surface area contributed by atoms with Crippen molar-refractivity contribution in [2.45, 2.75) is 6.92 Å².